The molecule has 0 spiro atoms. The zero-order valence-electron chi connectivity index (χ0n) is 10.1. The van der Waals surface area contributed by atoms with Gasteiger partial charge in [0.2, 0.25) is 0 Å². The van der Waals surface area contributed by atoms with Crippen molar-refractivity contribution in [3.05, 3.63) is 57.2 Å². The Hall–Kier alpha value is -2.35. The highest BCUT2D eigenvalue weighted by Crippen LogP contribution is 2.37. The van der Waals surface area contributed by atoms with Crippen LogP contribution in [0.5, 0.6) is 11.5 Å². The lowest BCUT2D eigenvalue weighted by molar-refractivity contribution is -0.389. The number of nitro groups is 1. The Balaban J connectivity index is 2.26. The monoisotopic (exact) mass is 318 g/mol. The van der Waals surface area contributed by atoms with Crippen molar-refractivity contribution in [2.24, 2.45) is 0 Å². The number of ether oxygens (including phenoxy) is 1. The summed E-state index contributed by atoms with van der Waals surface area (Å²) >= 11 is 5.48. The molecule has 0 amide bonds. The first-order valence-corrected chi connectivity index (χ1v) is 5.80. The number of alkyl halides is 3. The van der Waals surface area contributed by atoms with Crippen molar-refractivity contribution < 1.29 is 22.8 Å². The molecular weight excluding hydrogens is 313 g/mol. The quantitative estimate of drug-likeness (QED) is 0.619. The van der Waals surface area contributed by atoms with Gasteiger partial charge in [0.1, 0.15) is 5.75 Å². The smallest absolute Gasteiger partial charge is 0.417 e. The van der Waals surface area contributed by atoms with Gasteiger partial charge in [-0.2, -0.15) is 13.2 Å². The van der Waals surface area contributed by atoms with Crippen LogP contribution in [0.2, 0.25) is 5.02 Å². The third kappa shape index (κ3) is 3.60. The van der Waals surface area contributed by atoms with Crippen LogP contribution in [0, 0.1) is 10.1 Å². The van der Waals surface area contributed by atoms with Crippen molar-refractivity contribution >= 4 is 17.4 Å². The maximum Gasteiger partial charge on any atom is 0.417 e. The van der Waals surface area contributed by atoms with E-state index in [1.54, 1.807) is 0 Å². The second kappa shape index (κ2) is 5.57. The fourth-order valence-electron chi connectivity index (χ4n) is 1.46. The summed E-state index contributed by atoms with van der Waals surface area (Å²) in [6.07, 6.45) is -3.57. The van der Waals surface area contributed by atoms with Crippen LogP contribution in [0.1, 0.15) is 5.56 Å². The average molecular weight is 319 g/mol. The first-order valence-electron chi connectivity index (χ1n) is 5.42. The van der Waals surface area contributed by atoms with Crippen LogP contribution < -0.4 is 4.74 Å². The molecule has 0 aliphatic heterocycles. The number of hydrogen-bond donors (Lipinski definition) is 0. The molecule has 2 aromatic rings. The van der Waals surface area contributed by atoms with Gasteiger partial charge < -0.3 is 14.9 Å². The summed E-state index contributed by atoms with van der Waals surface area (Å²) in [7, 11) is 0. The van der Waals surface area contributed by atoms with Crippen LogP contribution in [-0.4, -0.2) is 9.91 Å². The highest BCUT2D eigenvalue weighted by atomic mass is 35.5. The summed E-state index contributed by atoms with van der Waals surface area (Å²) in [5.41, 5.74) is -1.03. The lowest BCUT2D eigenvalue weighted by atomic mass is 10.2. The van der Waals surface area contributed by atoms with Crippen LogP contribution in [0.4, 0.5) is 19.0 Å². The predicted octanol–water partition coefficient (Wildman–Crippen LogP) is 4.45. The second-order valence-corrected chi connectivity index (χ2v) is 4.26. The van der Waals surface area contributed by atoms with E-state index in [0.717, 1.165) is 24.4 Å². The lowest BCUT2D eigenvalue weighted by Gasteiger charge is -2.11. The Kier molecular flexibility index (Phi) is 3.99. The zero-order valence-corrected chi connectivity index (χ0v) is 10.9. The number of pyridine rings is 1. The molecule has 5 nitrogen and oxygen atoms in total. The minimum absolute atomic E-state index is 0.0658. The van der Waals surface area contributed by atoms with Gasteiger partial charge in [-0.1, -0.05) is 11.6 Å². The molecule has 0 saturated heterocycles. The molecule has 1 aromatic heterocycles. The summed E-state index contributed by atoms with van der Waals surface area (Å²) in [6.45, 7) is 0. The minimum Gasteiger partial charge on any atom is -0.453 e. The molecule has 1 heterocycles. The van der Waals surface area contributed by atoms with E-state index < -0.39 is 27.5 Å². The number of halogens is 4. The fraction of sp³-hybridized carbons (Fsp3) is 0.0833. The zero-order chi connectivity index (χ0) is 15.6. The van der Waals surface area contributed by atoms with E-state index in [0.29, 0.717) is 0 Å². The molecule has 0 saturated carbocycles. The molecular formula is C12H6ClF3N2O3. The van der Waals surface area contributed by atoms with Gasteiger partial charge in [0.25, 0.3) is 0 Å². The van der Waals surface area contributed by atoms with Crippen LogP contribution in [0.15, 0.2) is 36.5 Å². The normalized spacial score (nSPS) is 11.2. The number of nitrogens with zero attached hydrogens (tertiary/aromatic N) is 2. The highest BCUT2D eigenvalue weighted by Gasteiger charge is 2.33. The third-order valence-corrected chi connectivity index (χ3v) is 2.72. The molecule has 0 N–H and O–H groups in total. The van der Waals surface area contributed by atoms with E-state index in [4.69, 9.17) is 16.3 Å². The summed E-state index contributed by atoms with van der Waals surface area (Å²) < 4.78 is 43.2. The van der Waals surface area contributed by atoms with E-state index in [9.17, 15) is 23.3 Å². The fourth-order valence-corrected chi connectivity index (χ4v) is 1.69. The molecule has 0 atom stereocenters. The summed E-state index contributed by atoms with van der Waals surface area (Å²) in [5.74, 6) is -0.437. The molecule has 21 heavy (non-hydrogen) atoms. The topological polar surface area (TPSA) is 65.3 Å². The van der Waals surface area contributed by atoms with E-state index in [2.05, 4.69) is 4.98 Å². The van der Waals surface area contributed by atoms with Crippen LogP contribution in [-0.2, 0) is 6.18 Å². The van der Waals surface area contributed by atoms with Gasteiger partial charge in [0.15, 0.2) is 11.9 Å². The van der Waals surface area contributed by atoms with Crippen molar-refractivity contribution in [1.29, 1.82) is 0 Å². The number of aromatic nitrogens is 1. The summed E-state index contributed by atoms with van der Waals surface area (Å²) in [6, 6.07) is 5.35. The largest absolute Gasteiger partial charge is 0.453 e. The SMILES string of the molecule is O=[N+]([O-])c1ccc(Oc2ccc(Cl)c(C(F)(F)F)c2)cn1. The number of rotatable bonds is 3. The standard InChI is InChI=1S/C12H6ClF3N2O3/c13-10-3-1-7(5-9(10)12(14,15)16)21-8-2-4-11(17-6-8)18(19)20/h1-6H. The van der Waals surface area contributed by atoms with Gasteiger partial charge >= 0.3 is 12.0 Å². The predicted molar refractivity (Wildman–Crippen MR) is 67.4 cm³/mol. The highest BCUT2D eigenvalue weighted by molar-refractivity contribution is 6.31. The first kappa shape index (κ1) is 15.0. The Morgan fingerprint density at radius 3 is 2.38 bits per heavy atom. The van der Waals surface area contributed by atoms with E-state index in [-0.39, 0.29) is 11.5 Å². The minimum atomic E-state index is -4.61. The van der Waals surface area contributed by atoms with Gasteiger partial charge in [-0.3, -0.25) is 0 Å². The Morgan fingerprint density at radius 2 is 1.86 bits per heavy atom. The Morgan fingerprint density at radius 1 is 1.19 bits per heavy atom. The van der Waals surface area contributed by atoms with Gasteiger partial charge in [0.05, 0.1) is 10.6 Å². The maximum absolute atomic E-state index is 12.7. The number of benzene rings is 1. The maximum atomic E-state index is 12.7. The molecule has 0 aliphatic carbocycles. The van der Waals surface area contributed by atoms with Gasteiger partial charge in [-0.05, 0) is 34.2 Å². The molecule has 9 heteroatoms. The third-order valence-electron chi connectivity index (χ3n) is 2.39. The summed E-state index contributed by atoms with van der Waals surface area (Å²) in [4.78, 5) is 13.2. The number of hydrogen-bond acceptors (Lipinski definition) is 4. The van der Waals surface area contributed by atoms with Crippen molar-refractivity contribution in [3.8, 4) is 11.5 Å². The van der Waals surface area contributed by atoms with Crippen LogP contribution in [0.25, 0.3) is 0 Å². The Bertz CT molecular complexity index is 674. The molecule has 0 unspecified atom stereocenters. The average Bonchev–Trinajstić information content (AvgIpc) is 2.40. The molecule has 110 valence electrons. The summed E-state index contributed by atoms with van der Waals surface area (Å²) in [5, 5.41) is 9.98. The molecule has 0 aliphatic rings. The molecule has 0 radical (unpaired) electrons. The van der Waals surface area contributed by atoms with E-state index in [1.165, 1.54) is 12.1 Å². The van der Waals surface area contributed by atoms with Crippen LogP contribution >= 0.6 is 11.6 Å². The molecule has 2 rings (SSSR count). The first-order chi connectivity index (χ1) is 9.77. The second-order valence-electron chi connectivity index (χ2n) is 3.85. The van der Waals surface area contributed by atoms with Gasteiger partial charge in [-0.25, -0.2) is 0 Å². The van der Waals surface area contributed by atoms with Crippen molar-refractivity contribution in [2.45, 2.75) is 6.18 Å². The van der Waals surface area contributed by atoms with Crippen molar-refractivity contribution in [2.75, 3.05) is 0 Å². The van der Waals surface area contributed by atoms with E-state index in [1.807, 2.05) is 0 Å². The molecule has 1 aromatic carbocycles. The van der Waals surface area contributed by atoms with Crippen molar-refractivity contribution in [3.63, 3.8) is 0 Å². The van der Waals surface area contributed by atoms with Crippen LogP contribution in [0.3, 0.4) is 0 Å². The molecule has 0 bridgehead atoms. The lowest BCUT2D eigenvalue weighted by Crippen LogP contribution is -2.05. The molecule has 0 fully saturated rings. The van der Waals surface area contributed by atoms with Crippen molar-refractivity contribution in [1.82, 2.24) is 4.98 Å². The Labute approximate surface area is 121 Å². The van der Waals surface area contributed by atoms with Gasteiger partial charge in [0, 0.05) is 6.07 Å². The van der Waals surface area contributed by atoms with E-state index >= 15 is 0 Å². The van der Waals surface area contributed by atoms with Gasteiger partial charge in [-0.15, -0.1) is 0 Å².